The molecule has 1 aromatic carbocycles. The first kappa shape index (κ1) is 13.6. The molecule has 0 aliphatic rings. The quantitative estimate of drug-likeness (QED) is 0.870. The van der Waals surface area contributed by atoms with Gasteiger partial charge in [-0.25, -0.2) is 0 Å². The molecule has 0 radical (unpaired) electrons. The fourth-order valence-electron chi connectivity index (χ4n) is 1.36. The van der Waals surface area contributed by atoms with Crippen LogP contribution in [-0.2, 0) is 9.59 Å². The molecule has 1 N–H and O–H groups in total. The van der Waals surface area contributed by atoms with Gasteiger partial charge in [0, 0.05) is 5.69 Å². The molecule has 0 aliphatic carbocycles. The van der Waals surface area contributed by atoms with Crippen molar-refractivity contribution in [3.8, 4) is 0 Å². The Bertz CT molecular complexity index is 394. The van der Waals surface area contributed by atoms with Crippen LogP contribution >= 0.6 is 11.8 Å². The van der Waals surface area contributed by atoms with Crippen molar-refractivity contribution in [1.29, 1.82) is 0 Å². The van der Waals surface area contributed by atoms with E-state index >= 15 is 0 Å². The van der Waals surface area contributed by atoms with Crippen molar-refractivity contribution in [2.75, 3.05) is 17.7 Å². The molecule has 0 aromatic heterocycles. The van der Waals surface area contributed by atoms with Crippen LogP contribution in [0.15, 0.2) is 30.3 Å². The normalized spacial score (nSPS) is 11.9. The van der Waals surface area contributed by atoms with Gasteiger partial charge in [0.05, 0.1) is 5.25 Å². The highest BCUT2D eigenvalue weighted by Crippen LogP contribution is 2.17. The van der Waals surface area contributed by atoms with E-state index in [9.17, 15) is 9.59 Å². The Labute approximate surface area is 105 Å². The van der Waals surface area contributed by atoms with E-state index in [0.29, 0.717) is 5.69 Å². The Morgan fingerprint density at radius 3 is 2.41 bits per heavy atom. The number of hydrogen-bond donors (Lipinski definition) is 1. The molecule has 0 saturated carbocycles. The first-order valence-corrected chi connectivity index (χ1v) is 6.46. The third kappa shape index (κ3) is 3.78. The standard InChI is InChI=1S/C12H15NO3S/c1-9(17-2)12(16)13(8-11(14)15)10-6-4-3-5-7-10/h3-7,9H,8H2,1-2H3,(H,14,15). The van der Waals surface area contributed by atoms with E-state index in [1.54, 1.807) is 31.2 Å². The molecule has 0 aliphatic heterocycles. The van der Waals surface area contributed by atoms with Crippen molar-refractivity contribution in [2.45, 2.75) is 12.2 Å². The summed E-state index contributed by atoms with van der Waals surface area (Å²) in [7, 11) is 0. The molecule has 92 valence electrons. The number of carboxylic acid groups (broad SMARTS) is 1. The summed E-state index contributed by atoms with van der Waals surface area (Å²) in [5.41, 5.74) is 0.612. The van der Waals surface area contributed by atoms with Crippen LogP contribution in [0.1, 0.15) is 6.92 Å². The monoisotopic (exact) mass is 253 g/mol. The molecule has 1 aromatic rings. The van der Waals surface area contributed by atoms with Gasteiger partial charge in [0.15, 0.2) is 0 Å². The summed E-state index contributed by atoms with van der Waals surface area (Å²) in [5, 5.41) is 8.59. The Morgan fingerprint density at radius 2 is 1.94 bits per heavy atom. The topological polar surface area (TPSA) is 57.6 Å². The summed E-state index contributed by atoms with van der Waals surface area (Å²) < 4.78 is 0. The third-order valence-corrected chi connectivity index (χ3v) is 3.24. The first-order chi connectivity index (χ1) is 8.06. The minimum Gasteiger partial charge on any atom is -0.480 e. The lowest BCUT2D eigenvalue weighted by molar-refractivity contribution is -0.136. The number of aliphatic carboxylic acids is 1. The average molecular weight is 253 g/mol. The number of carbonyl (C=O) groups excluding carboxylic acids is 1. The van der Waals surface area contributed by atoms with Crippen LogP contribution in [-0.4, -0.2) is 35.0 Å². The van der Waals surface area contributed by atoms with Gasteiger partial charge >= 0.3 is 5.97 Å². The number of benzene rings is 1. The number of thioether (sulfide) groups is 1. The van der Waals surface area contributed by atoms with Crippen LogP contribution in [0.3, 0.4) is 0 Å². The van der Waals surface area contributed by atoms with Gasteiger partial charge in [-0.3, -0.25) is 9.59 Å². The second kappa shape index (κ2) is 6.30. The highest BCUT2D eigenvalue weighted by molar-refractivity contribution is 7.99. The molecule has 0 bridgehead atoms. The number of carbonyl (C=O) groups is 2. The van der Waals surface area contributed by atoms with E-state index in [-0.39, 0.29) is 17.7 Å². The maximum absolute atomic E-state index is 12.1. The van der Waals surface area contributed by atoms with Crippen LogP contribution < -0.4 is 4.90 Å². The summed E-state index contributed by atoms with van der Waals surface area (Å²) in [6.07, 6.45) is 1.83. The van der Waals surface area contributed by atoms with Gasteiger partial charge in [-0.15, -0.1) is 0 Å². The van der Waals surface area contributed by atoms with E-state index in [2.05, 4.69) is 0 Å². The fraction of sp³-hybridized carbons (Fsp3) is 0.333. The van der Waals surface area contributed by atoms with Crippen molar-refractivity contribution >= 4 is 29.3 Å². The molecular formula is C12H15NO3S. The molecule has 0 spiro atoms. The first-order valence-electron chi connectivity index (χ1n) is 5.17. The van der Waals surface area contributed by atoms with Gasteiger partial charge in [-0.2, -0.15) is 11.8 Å². The van der Waals surface area contributed by atoms with Crippen molar-refractivity contribution in [2.24, 2.45) is 0 Å². The number of amides is 1. The summed E-state index contributed by atoms with van der Waals surface area (Å²) in [6.45, 7) is 1.46. The predicted molar refractivity (Wildman–Crippen MR) is 69.4 cm³/mol. The van der Waals surface area contributed by atoms with Crippen LogP contribution in [0.2, 0.25) is 0 Å². The number of rotatable bonds is 5. The summed E-state index contributed by atoms with van der Waals surface area (Å²) in [5.74, 6) is -1.21. The number of hydrogen-bond acceptors (Lipinski definition) is 3. The minimum atomic E-state index is -1.02. The molecule has 5 heteroatoms. The van der Waals surface area contributed by atoms with Crippen molar-refractivity contribution < 1.29 is 14.7 Å². The molecule has 17 heavy (non-hydrogen) atoms. The van der Waals surface area contributed by atoms with Crippen molar-refractivity contribution in [1.82, 2.24) is 0 Å². The van der Waals surface area contributed by atoms with Crippen LogP contribution in [0.25, 0.3) is 0 Å². The van der Waals surface area contributed by atoms with Gasteiger partial charge in [0.1, 0.15) is 6.54 Å². The van der Waals surface area contributed by atoms with Gasteiger partial charge in [0.2, 0.25) is 5.91 Å². The highest BCUT2D eigenvalue weighted by atomic mass is 32.2. The zero-order chi connectivity index (χ0) is 12.8. The summed E-state index contributed by atoms with van der Waals surface area (Å²) in [6, 6.07) is 8.84. The third-order valence-electron chi connectivity index (χ3n) is 2.33. The van der Waals surface area contributed by atoms with E-state index in [1.165, 1.54) is 16.7 Å². The van der Waals surface area contributed by atoms with E-state index in [1.807, 2.05) is 12.3 Å². The fourth-order valence-corrected chi connectivity index (χ4v) is 1.69. The molecule has 1 rings (SSSR count). The second-order valence-corrected chi connectivity index (χ2v) is 4.71. The minimum absolute atomic E-state index is 0.189. The Kier molecular flexibility index (Phi) is 5.03. The van der Waals surface area contributed by atoms with Gasteiger partial charge in [-0.05, 0) is 25.3 Å². The van der Waals surface area contributed by atoms with Crippen LogP contribution in [0, 0.1) is 0 Å². The van der Waals surface area contributed by atoms with Crippen LogP contribution in [0.5, 0.6) is 0 Å². The largest absolute Gasteiger partial charge is 0.480 e. The lowest BCUT2D eigenvalue weighted by Gasteiger charge is -2.23. The number of nitrogens with zero attached hydrogens (tertiary/aromatic N) is 1. The van der Waals surface area contributed by atoms with E-state index in [4.69, 9.17) is 5.11 Å². The Morgan fingerprint density at radius 1 is 1.35 bits per heavy atom. The second-order valence-electron chi connectivity index (χ2n) is 3.53. The van der Waals surface area contributed by atoms with Crippen LogP contribution in [0.4, 0.5) is 5.69 Å². The SMILES string of the molecule is CSC(C)C(=O)N(CC(=O)O)c1ccccc1. The summed E-state index contributed by atoms with van der Waals surface area (Å²) in [4.78, 5) is 24.1. The smallest absolute Gasteiger partial charge is 0.323 e. The molecule has 1 amide bonds. The molecule has 0 saturated heterocycles. The summed E-state index contributed by atoms with van der Waals surface area (Å²) >= 11 is 1.40. The Balaban J connectivity index is 2.96. The van der Waals surface area contributed by atoms with Gasteiger partial charge < -0.3 is 10.0 Å². The highest BCUT2D eigenvalue weighted by Gasteiger charge is 2.23. The maximum Gasteiger partial charge on any atom is 0.323 e. The molecule has 1 unspecified atom stereocenters. The van der Waals surface area contributed by atoms with Gasteiger partial charge in [0.25, 0.3) is 0 Å². The maximum atomic E-state index is 12.1. The average Bonchev–Trinajstić information content (AvgIpc) is 2.35. The lowest BCUT2D eigenvalue weighted by Crippen LogP contribution is -2.40. The molecule has 1 atom stereocenters. The van der Waals surface area contributed by atoms with Crippen molar-refractivity contribution in [3.05, 3.63) is 30.3 Å². The number of carboxylic acids is 1. The predicted octanol–water partition coefficient (Wildman–Crippen LogP) is 1.86. The zero-order valence-electron chi connectivity index (χ0n) is 9.79. The Hall–Kier alpha value is -1.49. The van der Waals surface area contributed by atoms with Gasteiger partial charge in [-0.1, -0.05) is 18.2 Å². The lowest BCUT2D eigenvalue weighted by atomic mass is 10.2. The molecular weight excluding hydrogens is 238 g/mol. The molecule has 0 heterocycles. The zero-order valence-corrected chi connectivity index (χ0v) is 10.6. The van der Waals surface area contributed by atoms with E-state index < -0.39 is 5.97 Å². The molecule has 0 fully saturated rings. The van der Waals surface area contributed by atoms with E-state index in [0.717, 1.165) is 0 Å². The number of para-hydroxylation sites is 1. The number of anilines is 1. The molecule has 4 nitrogen and oxygen atoms in total. The van der Waals surface area contributed by atoms with Crippen molar-refractivity contribution in [3.63, 3.8) is 0 Å².